The van der Waals surface area contributed by atoms with E-state index < -0.39 is 0 Å². The molecular formula is C18H17N3O3. The molecule has 1 amide bonds. The number of hydrogen-bond acceptors (Lipinski definition) is 4. The molecule has 2 heterocycles. The van der Waals surface area contributed by atoms with Gasteiger partial charge in [0.1, 0.15) is 11.5 Å². The number of benzene rings is 1. The van der Waals surface area contributed by atoms with Crippen LogP contribution >= 0.6 is 0 Å². The van der Waals surface area contributed by atoms with E-state index >= 15 is 0 Å². The van der Waals surface area contributed by atoms with Gasteiger partial charge < -0.3 is 9.32 Å². The van der Waals surface area contributed by atoms with E-state index in [1.54, 1.807) is 17.2 Å². The zero-order valence-corrected chi connectivity index (χ0v) is 13.3. The molecule has 0 N–H and O–H groups in total. The number of aryl methyl sites for hydroxylation is 1. The van der Waals surface area contributed by atoms with Gasteiger partial charge in [0.2, 0.25) is 0 Å². The molecule has 0 atom stereocenters. The molecule has 2 aromatic heterocycles. The maximum absolute atomic E-state index is 12.8. The van der Waals surface area contributed by atoms with Crippen LogP contribution in [0.2, 0.25) is 0 Å². The number of amides is 1. The first-order valence-electron chi connectivity index (χ1n) is 7.53. The number of rotatable bonds is 5. The van der Waals surface area contributed by atoms with Gasteiger partial charge in [-0.3, -0.25) is 9.59 Å². The number of hydrogen-bond donors (Lipinski definition) is 0. The SMILES string of the molecule is Cn1nc(C(=O)N(Cc2ccccc2)Cc2ccco2)ccc1=O. The summed E-state index contributed by atoms with van der Waals surface area (Å²) in [4.78, 5) is 26.0. The van der Waals surface area contributed by atoms with E-state index in [4.69, 9.17) is 4.42 Å². The van der Waals surface area contributed by atoms with Gasteiger partial charge in [-0.15, -0.1) is 0 Å². The normalized spacial score (nSPS) is 10.5. The molecule has 3 aromatic rings. The average molecular weight is 323 g/mol. The van der Waals surface area contributed by atoms with E-state index in [2.05, 4.69) is 5.10 Å². The number of nitrogens with zero attached hydrogens (tertiary/aromatic N) is 3. The monoisotopic (exact) mass is 323 g/mol. The summed E-state index contributed by atoms with van der Waals surface area (Å²) in [7, 11) is 1.52. The molecular weight excluding hydrogens is 306 g/mol. The van der Waals surface area contributed by atoms with Gasteiger partial charge in [0.05, 0.1) is 12.8 Å². The molecule has 6 nitrogen and oxygen atoms in total. The van der Waals surface area contributed by atoms with E-state index in [-0.39, 0.29) is 17.2 Å². The standard InChI is InChI=1S/C18H17N3O3/c1-20-17(22)10-9-16(19-20)18(23)21(13-15-8-5-11-24-15)12-14-6-3-2-4-7-14/h2-11H,12-13H2,1H3. The predicted octanol–water partition coefficient (Wildman–Crippen LogP) is 2.22. The fourth-order valence-electron chi connectivity index (χ4n) is 2.37. The Balaban J connectivity index is 1.88. The summed E-state index contributed by atoms with van der Waals surface area (Å²) < 4.78 is 6.51. The lowest BCUT2D eigenvalue weighted by Gasteiger charge is -2.21. The quantitative estimate of drug-likeness (QED) is 0.722. The third kappa shape index (κ3) is 3.60. The molecule has 0 saturated heterocycles. The third-order valence-corrected chi connectivity index (χ3v) is 3.61. The fourth-order valence-corrected chi connectivity index (χ4v) is 2.37. The summed E-state index contributed by atoms with van der Waals surface area (Å²) in [5, 5.41) is 4.05. The smallest absolute Gasteiger partial charge is 0.275 e. The molecule has 0 aliphatic heterocycles. The Morgan fingerprint density at radius 1 is 1.08 bits per heavy atom. The summed E-state index contributed by atoms with van der Waals surface area (Å²) in [6.07, 6.45) is 1.57. The molecule has 0 radical (unpaired) electrons. The van der Waals surface area contributed by atoms with E-state index in [9.17, 15) is 9.59 Å². The number of carbonyl (C=O) groups excluding carboxylic acids is 1. The van der Waals surface area contributed by atoms with Crippen LogP contribution in [0.3, 0.4) is 0 Å². The Morgan fingerprint density at radius 3 is 2.54 bits per heavy atom. The third-order valence-electron chi connectivity index (χ3n) is 3.61. The zero-order valence-electron chi connectivity index (χ0n) is 13.3. The van der Waals surface area contributed by atoms with Crippen LogP contribution in [0.15, 0.2) is 70.1 Å². The lowest BCUT2D eigenvalue weighted by Crippen LogP contribution is -2.32. The first-order chi connectivity index (χ1) is 11.6. The molecule has 0 unspecified atom stereocenters. The van der Waals surface area contributed by atoms with Crippen LogP contribution in [0, 0.1) is 0 Å². The maximum atomic E-state index is 12.8. The minimum absolute atomic E-state index is 0.222. The Bertz CT molecular complexity index is 870. The topological polar surface area (TPSA) is 68.3 Å². The molecule has 0 fully saturated rings. The van der Waals surface area contributed by atoms with Crippen molar-refractivity contribution in [3.05, 3.63) is 88.2 Å². The van der Waals surface area contributed by atoms with Crippen LogP contribution < -0.4 is 5.56 Å². The van der Waals surface area contributed by atoms with Gasteiger partial charge in [-0.1, -0.05) is 30.3 Å². The Hall–Kier alpha value is -3.15. The van der Waals surface area contributed by atoms with Gasteiger partial charge in [0.15, 0.2) is 0 Å². The van der Waals surface area contributed by atoms with Crippen molar-refractivity contribution in [2.75, 3.05) is 0 Å². The number of carbonyl (C=O) groups is 1. The van der Waals surface area contributed by atoms with Crippen LogP contribution in [-0.2, 0) is 20.1 Å². The molecule has 0 saturated carbocycles. The van der Waals surface area contributed by atoms with E-state index in [0.29, 0.717) is 18.8 Å². The van der Waals surface area contributed by atoms with Crippen LogP contribution in [-0.4, -0.2) is 20.6 Å². The van der Waals surface area contributed by atoms with Gasteiger partial charge in [0.25, 0.3) is 11.5 Å². The van der Waals surface area contributed by atoms with E-state index in [1.165, 1.54) is 19.2 Å². The highest BCUT2D eigenvalue weighted by molar-refractivity contribution is 5.92. The first kappa shape index (κ1) is 15.7. The second-order valence-corrected chi connectivity index (χ2v) is 5.41. The summed E-state index contributed by atoms with van der Waals surface area (Å²) in [5.41, 5.74) is 0.967. The number of furan rings is 1. The number of aromatic nitrogens is 2. The Morgan fingerprint density at radius 2 is 1.88 bits per heavy atom. The van der Waals surface area contributed by atoms with Crippen molar-refractivity contribution in [2.45, 2.75) is 13.1 Å². The molecule has 0 spiro atoms. The second-order valence-electron chi connectivity index (χ2n) is 5.41. The lowest BCUT2D eigenvalue weighted by atomic mass is 10.2. The van der Waals surface area contributed by atoms with Crippen molar-refractivity contribution in [3.63, 3.8) is 0 Å². The van der Waals surface area contributed by atoms with Crippen LogP contribution in [0.5, 0.6) is 0 Å². The molecule has 0 bridgehead atoms. The van der Waals surface area contributed by atoms with Crippen molar-refractivity contribution in [1.82, 2.24) is 14.7 Å². The highest BCUT2D eigenvalue weighted by atomic mass is 16.3. The molecule has 1 aromatic carbocycles. The van der Waals surface area contributed by atoms with Gasteiger partial charge in [-0.2, -0.15) is 5.10 Å². The second kappa shape index (κ2) is 6.95. The van der Waals surface area contributed by atoms with Crippen LogP contribution in [0.1, 0.15) is 21.8 Å². The zero-order chi connectivity index (χ0) is 16.9. The van der Waals surface area contributed by atoms with E-state index in [1.807, 2.05) is 36.4 Å². The van der Waals surface area contributed by atoms with Gasteiger partial charge in [0, 0.05) is 19.7 Å². The summed E-state index contributed by atoms with van der Waals surface area (Å²) in [6, 6.07) is 16.1. The minimum Gasteiger partial charge on any atom is -0.467 e. The molecule has 3 rings (SSSR count). The Labute approximate surface area is 139 Å². The maximum Gasteiger partial charge on any atom is 0.275 e. The average Bonchev–Trinajstić information content (AvgIpc) is 3.10. The molecule has 0 aliphatic carbocycles. The van der Waals surface area contributed by atoms with Gasteiger partial charge in [-0.05, 0) is 23.8 Å². The highest BCUT2D eigenvalue weighted by Crippen LogP contribution is 2.13. The van der Waals surface area contributed by atoms with E-state index in [0.717, 1.165) is 10.2 Å². The first-order valence-corrected chi connectivity index (χ1v) is 7.53. The lowest BCUT2D eigenvalue weighted by molar-refractivity contribution is 0.0709. The van der Waals surface area contributed by atoms with Crippen LogP contribution in [0.25, 0.3) is 0 Å². The van der Waals surface area contributed by atoms with Gasteiger partial charge in [-0.25, -0.2) is 4.68 Å². The minimum atomic E-state index is -0.258. The van der Waals surface area contributed by atoms with Crippen molar-refractivity contribution < 1.29 is 9.21 Å². The molecule has 0 aliphatic rings. The molecule has 122 valence electrons. The summed E-state index contributed by atoms with van der Waals surface area (Å²) in [5.74, 6) is 0.426. The van der Waals surface area contributed by atoms with Crippen molar-refractivity contribution in [1.29, 1.82) is 0 Å². The summed E-state index contributed by atoms with van der Waals surface area (Å²) in [6.45, 7) is 0.746. The van der Waals surface area contributed by atoms with Gasteiger partial charge >= 0.3 is 0 Å². The molecule has 24 heavy (non-hydrogen) atoms. The van der Waals surface area contributed by atoms with Crippen LogP contribution in [0.4, 0.5) is 0 Å². The Kier molecular flexibility index (Phi) is 4.56. The predicted molar refractivity (Wildman–Crippen MR) is 88.2 cm³/mol. The summed E-state index contributed by atoms with van der Waals surface area (Å²) >= 11 is 0. The molecule has 6 heteroatoms. The highest BCUT2D eigenvalue weighted by Gasteiger charge is 2.19. The van der Waals surface area contributed by atoms with Crippen molar-refractivity contribution in [2.24, 2.45) is 7.05 Å². The fraction of sp³-hybridized carbons (Fsp3) is 0.167. The van der Waals surface area contributed by atoms with Crippen molar-refractivity contribution >= 4 is 5.91 Å². The van der Waals surface area contributed by atoms with Crippen molar-refractivity contribution in [3.8, 4) is 0 Å². The largest absolute Gasteiger partial charge is 0.467 e.